The third-order valence-electron chi connectivity index (χ3n) is 5.59. The zero-order chi connectivity index (χ0) is 20.2. The fourth-order valence-electron chi connectivity index (χ4n) is 3.61. The van der Waals surface area contributed by atoms with Crippen molar-refractivity contribution in [2.75, 3.05) is 18.1 Å². The van der Waals surface area contributed by atoms with Gasteiger partial charge in [0.15, 0.2) is 0 Å². The van der Waals surface area contributed by atoms with Crippen LogP contribution in [0.2, 0.25) is 0 Å². The highest BCUT2D eigenvalue weighted by Crippen LogP contribution is 2.29. The number of ether oxygens (including phenoxy) is 1. The Morgan fingerprint density at radius 2 is 2.07 bits per heavy atom. The summed E-state index contributed by atoms with van der Waals surface area (Å²) in [7, 11) is 0. The zero-order valence-electron chi connectivity index (χ0n) is 16.8. The second-order valence-corrected chi connectivity index (χ2v) is 7.86. The molecule has 152 valence electrons. The molecule has 1 unspecified atom stereocenters. The minimum Gasteiger partial charge on any atom is -0.477 e. The van der Waals surface area contributed by atoms with Gasteiger partial charge in [-0.25, -0.2) is 4.98 Å². The predicted molar refractivity (Wildman–Crippen MR) is 111 cm³/mol. The summed E-state index contributed by atoms with van der Waals surface area (Å²) in [6.07, 6.45) is 5.32. The number of amides is 2. The summed E-state index contributed by atoms with van der Waals surface area (Å²) < 4.78 is 5.63. The van der Waals surface area contributed by atoms with Gasteiger partial charge in [0.2, 0.25) is 17.7 Å². The van der Waals surface area contributed by atoms with Crippen LogP contribution in [-0.4, -0.2) is 29.9 Å². The van der Waals surface area contributed by atoms with Crippen LogP contribution in [0.4, 0.5) is 5.69 Å². The molecular formula is C23H27N3O3. The highest BCUT2D eigenvalue weighted by atomic mass is 16.5. The van der Waals surface area contributed by atoms with Gasteiger partial charge >= 0.3 is 0 Å². The fraction of sp³-hybridized carbons (Fsp3) is 0.435. The number of anilines is 1. The first kappa shape index (κ1) is 19.4. The molecule has 0 spiro atoms. The van der Waals surface area contributed by atoms with E-state index in [4.69, 9.17) is 4.74 Å². The molecule has 1 aliphatic heterocycles. The van der Waals surface area contributed by atoms with Crippen LogP contribution in [0.3, 0.4) is 0 Å². The molecule has 29 heavy (non-hydrogen) atoms. The van der Waals surface area contributed by atoms with Gasteiger partial charge in [-0.3, -0.25) is 9.59 Å². The first-order valence-electron chi connectivity index (χ1n) is 10.4. The van der Waals surface area contributed by atoms with Gasteiger partial charge in [0.05, 0.1) is 12.5 Å². The predicted octanol–water partition coefficient (Wildman–Crippen LogP) is 3.10. The number of nitrogens with one attached hydrogen (secondary N) is 1. The number of pyridine rings is 1. The smallest absolute Gasteiger partial charge is 0.227 e. The highest BCUT2D eigenvalue weighted by molar-refractivity contribution is 6.00. The molecule has 1 aliphatic carbocycles. The van der Waals surface area contributed by atoms with Gasteiger partial charge in [0.1, 0.15) is 0 Å². The molecule has 2 heterocycles. The van der Waals surface area contributed by atoms with Crippen LogP contribution in [0.5, 0.6) is 5.88 Å². The molecule has 2 aliphatic rings. The number of para-hydroxylation sites is 1. The van der Waals surface area contributed by atoms with E-state index < -0.39 is 0 Å². The maximum Gasteiger partial charge on any atom is 0.227 e. The van der Waals surface area contributed by atoms with Crippen LogP contribution in [0.25, 0.3) is 0 Å². The van der Waals surface area contributed by atoms with E-state index in [1.54, 1.807) is 11.1 Å². The van der Waals surface area contributed by atoms with Crippen LogP contribution in [0.1, 0.15) is 37.3 Å². The average molecular weight is 393 g/mol. The second kappa shape index (κ2) is 8.64. The lowest BCUT2D eigenvalue weighted by atomic mass is 10.1. The summed E-state index contributed by atoms with van der Waals surface area (Å²) in [6.45, 7) is 3.62. The van der Waals surface area contributed by atoms with Crippen molar-refractivity contribution in [3.8, 4) is 5.88 Å². The van der Waals surface area contributed by atoms with Crippen molar-refractivity contribution in [3.63, 3.8) is 0 Å². The van der Waals surface area contributed by atoms with Gasteiger partial charge in [-0.05, 0) is 42.4 Å². The lowest BCUT2D eigenvalue weighted by Gasteiger charge is -2.20. The number of hydrogen-bond donors (Lipinski definition) is 1. The molecule has 1 N–H and O–H groups in total. The normalized spacial score (nSPS) is 18.7. The molecule has 1 aromatic carbocycles. The lowest BCUT2D eigenvalue weighted by Crippen LogP contribution is -2.32. The Morgan fingerprint density at radius 1 is 1.24 bits per heavy atom. The standard InChI is InChI=1S/C23H27N3O3/c1-2-18-5-3-4-6-20(18)26-14-19(11-22(26)27)23(28)25-13-17-9-10-21(24-12-17)29-15-16-7-8-16/h3-6,9-10,12,16,19H,2,7-8,11,13-15H2,1H3,(H,25,28). The third-order valence-corrected chi connectivity index (χ3v) is 5.59. The van der Waals surface area contributed by atoms with Crippen LogP contribution in [0, 0.1) is 11.8 Å². The molecule has 2 amide bonds. The maximum atomic E-state index is 12.6. The fourth-order valence-corrected chi connectivity index (χ4v) is 3.61. The van der Waals surface area contributed by atoms with Gasteiger partial charge in [0, 0.05) is 37.5 Å². The molecule has 1 saturated heterocycles. The van der Waals surface area contributed by atoms with E-state index in [9.17, 15) is 9.59 Å². The Hall–Kier alpha value is -2.89. The van der Waals surface area contributed by atoms with Crippen molar-refractivity contribution in [2.45, 2.75) is 39.2 Å². The summed E-state index contributed by atoms with van der Waals surface area (Å²) in [5.41, 5.74) is 2.95. The van der Waals surface area contributed by atoms with Gasteiger partial charge in [-0.1, -0.05) is 31.2 Å². The minimum atomic E-state index is -0.332. The summed E-state index contributed by atoms with van der Waals surface area (Å²) in [5, 5.41) is 2.94. The van der Waals surface area contributed by atoms with E-state index in [2.05, 4.69) is 17.2 Å². The molecule has 2 aromatic rings. The number of benzene rings is 1. The monoisotopic (exact) mass is 393 g/mol. The van der Waals surface area contributed by atoms with Gasteiger partial charge in [-0.15, -0.1) is 0 Å². The highest BCUT2D eigenvalue weighted by Gasteiger charge is 2.35. The van der Waals surface area contributed by atoms with Crippen LogP contribution >= 0.6 is 0 Å². The summed E-state index contributed by atoms with van der Waals surface area (Å²) in [5.74, 6) is 0.891. The number of carbonyl (C=O) groups excluding carboxylic acids is 2. The van der Waals surface area contributed by atoms with Crippen molar-refractivity contribution < 1.29 is 14.3 Å². The van der Waals surface area contributed by atoms with Crippen LogP contribution in [0.15, 0.2) is 42.6 Å². The van der Waals surface area contributed by atoms with E-state index in [1.165, 1.54) is 12.8 Å². The molecule has 6 nitrogen and oxygen atoms in total. The number of carbonyl (C=O) groups is 2. The molecule has 1 saturated carbocycles. The molecule has 1 aromatic heterocycles. The van der Waals surface area contributed by atoms with E-state index in [1.807, 2.05) is 36.4 Å². The van der Waals surface area contributed by atoms with Gasteiger partial charge < -0.3 is 15.0 Å². The Balaban J connectivity index is 1.30. The number of nitrogens with zero attached hydrogens (tertiary/aromatic N) is 2. The third kappa shape index (κ3) is 4.75. The minimum absolute atomic E-state index is 0.00452. The van der Waals surface area contributed by atoms with E-state index in [0.29, 0.717) is 24.9 Å². The van der Waals surface area contributed by atoms with Crippen molar-refractivity contribution in [2.24, 2.45) is 11.8 Å². The molecule has 4 rings (SSSR count). The van der Waals surface area contributed by atoms with E-state index in [-0.39, 0.29) is 24.2 Å². The maximum absolute atomic E-state index is 12.6. The Labute approximate surface area is 171 Å². The second-order valence-electron chi connectivity index (χ2n) is 7.86. The summed E-state index contributed by atoms with van der Waals surface area (Å²) in [6, 6.07) is 11.6. The van der Waals surface area contributed by atoms with Crippen molar-refractivity contribution in [1.82, 2.24) is 10.3 Å². The number of rotatable bonds is 8. The Kier molecular flexibility index (Phi) is 5.79. The molecule has 6 heteroatoms. The number of hydrogen-bond acceptors (Lipinski definition) is 4. The molecule has 0 bridgehead atoms. The van der Waals surface area contributed by atoms with E-state index >= 15 is 0 Å². The summed E-state index contributed by atoms with van der Waals surface area (Å²) >= 11 is 0. The molecular weight excluding hydrogens is 366 g/mol. The first-order valence-corrected chi connectivity index (χ1v) is 10.4. The zero-order valence-corrected chi connectivity index (χ0v) is 16.8. The quantitative estimate of drug-likeness (QED) is 0.748. The Morgan fingerprint density at radius 3 is 2.79 bits per heavy atom. The SMILES string of the molecule is CCc1ccccc1N1CC(C(=O)NCc2ccc(OCC3CC3)nc2)CC1=O. The topological polar surface area (TPSA) is 71.5 Å². The lowest BCUT2D eigenvalue weighted by molar-refractivity contribution is -0.126. The first-order chi connectivity index (χ1) is 14.1. The van der Waals surface area contributed by atoms with Crippen molar-refractivity contribution >= 4 is 17.5 Å². The largest absolute Gasteiger partial charge is 0.477 e. The van der Waals surface area contributed by atoms with Gasteiger partial charge in [-0.2, -0.15) is 0 Å². The molecule has 2 fully saturated rings. The van der Waals surface area contributed by atoms with E-state index in [0.717, 1.165) is 29.8 Å². The molecule has 1 atom stereocenters. The van der Waals surface area contributed by atoms with Gasteiger partial charge in [0.25, 0.3) is 0 Å². The van der Waals surface area contributed by atoms with Crippen molar-refractivity contribution in [1.29, 1.82) is 0 Å². The average Bonchev–Trinajstić information content (AvgIpc) is 3.51. The summed E-state index contributed by atoms with van der Waals surface area (Å²) in [4.78, 5) is 31.2. The van der Waals surface area contributed by atoms with Crippen LogP contribution in [-0.2, 0) is 22.6 Å². The Bertz CT molecular complexity index is 877. The number of aryl methyl sites for hydroxylation is 1. The van der Waals surface area contributed by atoms with Crippen LogP contribution < -0.4 is 15.0 Å². The number of aromatic nitrogens is 1. The van der Waals surface area contributed by atoms with Crippen molar-refractivity contribution in [3.05, 3.63) is 53.7 Å². The molecule has 0 radical (unpaired) electrons.